The predicted molar refractivity (Wildman–Crippen MR) is 130 cm³/mol. The summed E-state index contributed by atoms with van der Waals surface area (Å²) in [5, 5.41) is 26.9. The zero-order valence-electron chi connectivity index (χ0n) is 16.7. The van der Waals surface area contributed by atoms with Crippen LogP contribution in [0.3, 0.4) is 0 Å². The Balaban J connectivity index is 0.000000303. The monoisotopic (exact) mass is 467 g/mol. The summed E-state index contributed by atoms with van der Waals surface area (Å²) in [6.07, 6.45) is 0. The Labute approximate surface area is 200 Å². The van der Waals surface area contributed by atoms with Crippen LogP contribution < -0.4 is 0 Å². The molecule has 3 aromatic carbocycles. The third-order valence-electron chi connectivity index (χ3n) is 3.72. The standard InChI is InChI=1S/C16H6N4S2.C8H7NS/c1-20-14-3-13(10-19)6-16(7-14)22-21-15-4-11(8-17)2-12(5-15)9-18;1-6-3-7(9-2)5-8(10)4-6/h2-7H;3-5,10H,1H3. The van der Waals surface area contributed by atoms with Crippen LogP contribution in [-0.4, -0.2) is 0 Å². The minimum absolute atomic E-state index is 0.408. The Morgan fingerprint density at radius 2 is 1.16 bits per heavy atom. The van der Waals surface area contributed by atoms with E-state index in [4.69, 9.17) is 28.9 Å². The molecule has 0 amide bonds. The Kier molecular flexibility index (Phi) is 9.25. The summed E-state index contributed by atoms with van der Waals surface area (Å²) in [4.78, 5) is 9.03. The number of aryl methyl sites for hydroxylation is 1. The molecule has 0 fully saturated rings. The van der Waals surface area contributed by atoms with Crippen LogP contribution >= 0.6 is 34.2 Å². The molecule has 0 aliphatic rings. The lowest BCUT2D eigenvalue weighted by atomic mass is 10.1. The van der Waals surface area contributed by atoms with Crippen LogP contribution in [0.2, 0.25) is 0 Å². The maximum absolute atomic E-state index is 8.96. The summed E-state index contributed by atoms with van der Waals surface area (Å²) in [6.45, 7) is 15.7. The molecule has 152 valence electrons. The number of hydrogen-bond acceptors (Lipinski definition) is 6. The summed E-state index contributed by atoms with van der Waals surface area (Å²) in [6, 6.07) is 21.4. The number of rotatable bonds is 3. The van der Waals surface area contributed by atoms with Crippen molar-refractivity contribution in [3.8, 4) is 18.2 Å². The van der Waals surface area contributed by atoms with Gasteiger partial charge in [-0.2, -0.15) is 15.8 Å². The fraction of sp³-hybridized carbons (Fsp3) is 0.0417. The van der Waals surface area contributed by atoms with E-state index in [1.54, 1.807) is 30.3 Å². The lowest BCUT2D eigenvalue weighted by Crippen LogP contribution is -1.81. The molecule has 8 heteroatoms. The first kappa shape index (κ1) is 24.4. The van der Waals surface area contributed by atoms with Gasteiger partial charge in [-0.25, -0.2) is 9.69 Å². The SMILES string of the molecule is [C-]#[N+]c1cc(C#N)cc(SSc2cc(C#N)cc(C#N)c2)c1.[C-]#[N+]c1cc(C)cc(S)c1. The van der Waals surface area contributed by atoms with Crippen molar-refractivity contribution in [3.63, 3.8) is 0 Å². The minimum Gasteiger partial charge on any atom is -0.238 e. The van der Waals surface area contributed by atoms with Gasteiger partial charge in [-0.15, -0.1) is 12.6 Å². The second-order valence-corrected chi connectivity index (χ2v) is 9.01. The van der Waals surface area contributed by atoms with Gasteiger partial charge >= 0.3 is 0 Å². The molecule has 3 rings (SSSR count). The number of benzene rings is 3. The molecule has 0 aliphatic heterocycles. The molecule has 0 atom stereocenters. The van der Waals surface area contributed by atoms with Crippen molar-refractivity contribution in [3.05, 3.63) is 99.7 Å². The first-order valence-corrected chi connectivity index (χ1v) is 11.4. The maximum atomic E-state index is 8.96. The van der Waals surface area contributed by atoms with E-state index in [1.807, 2.05) is 37.3 Å². The average Bonchev–Trinajstić information content (AvgIpc) is 2.81. The number of nitrogens with zero attached hydrogens (tertiary/aromatic N) is 5. The molecule has 0 N–H and O–H groups in total. The molecule has 0 aliphatic carbocycles. The highest BCUT2D eigenvalue weighted by molar-refractivity contribution is 8.76. The van der Waals surface area contributed by atoms with Gasteiger partial charge in [0, 0.05) is 15.4 Å². The molecule has 0 unspecified atom stereocenters. The van der Waals surface area contributed by atoms with Crippen LogP contribution in [-0.2, 0) is 0 Å². The van der Waals surface area contributed by atoms with Gasteiger partial charge in [0.15, 0.2) is 11.4 Å². The lowest BCUT2D eigenvalue weighted by molar-refractivity contribution is 1.37. The van der Waals surface area contributed by atoms with Crippen molar-refractivity contribution in [1.29, 1.82) is 15.8 Å². The molecule has 32 heavy (non-hydrogen) atoms. The average molecular weight is 468 g/mol. The predicted octanol–water partition coefficient (Wildman–Crippen LogP) is 7.49. The fourth-order valence-corrected chi connectivity index (χ4v) is 4.82. The second kappa shape index (κ2) is 12.1. The molecule has 0 spiro atoms. The van der Waals surface area contributed by atoms with Gasteiger partial charge in [0.05, 0.1) is 42.5 Å². The Morgan fingerprint density at radius 1 is 0.688 bits per heavy atom. The topological polar surface area (TPSA) is 80.1 Å². The highest BCUT2D eigenvalue weighted by atomic mass is 33.1. The van der Waals surface area contributed by atoms with E-state index < -0.39 is 0 Å². The summed E-state index contributed by atoms with van der Waals surface area (Å²) < 4.78 is 0. The van der Waals surface area contributed by atoms with Crippen LogP contribution in [0.5, 0.6) is 0 Å². The zero-order chi connectivity index (χ0) is 23.5. The van der Waals surface area contributed by atoms with Crippen molar-refractivity contribution in [2.45, 2.75) is 21.6 Å². The molecule has 0 aromatic heterocycles. The molecule has 5 nitrogen and oxygen atoms in total. The van der Waals surface area contributed by atoms with Crippen LogP contribution in [0.4, 0.5) is 11.4 Å². The van der Waals surface area contributed by atoms with Crippen LogP contribution in [0.25, 0.3) is 9.69 Å². The van der Waals surface area contributed by atoms with E-state index in [1.165, 1.54) is 33.7 Å². The Hall–Kier alpha value is -3.84. The van der Waals surface area contributed by atoms with Gasteiger partial charge in [-0.1, -0.05) is 33.2 Å². The molecular formula is C24H13N5S3. The summed E-state index contributed by atoms with van der Waals surface area (Å²) in [5.74, 6) is 0. The summed E-state index contributed by atoms with van der Waals surface area (Å²) in [5.41, 5.74) is 3.43. The van der Waals surface area contributed by atoms with E-state index in [0.717, 1.165) is 20.2 Å². The smallest absolute Gasteiger partial charge is 0.189 e. The second-order valence-electron chi connectivity index (χ2n) is 6.21. The largest absolute Gasteiger partial charge is 0.238 e. The van der Waals surface area contributed by atoms with E-state index in [2.05, 4.69) is 22.3 Å². The summed E-state index contributed by atoms with van der Waals surface area (Å²) >= 11 is 4.13. The van der Waals surface area contributed by atoms with Crippen molar-refractivity contribution in [2.75, 3.05) is 0 Å². The maximum Gasteiger partial charge on any atom is 0.189 e. The molecule has 0 heterocycles. The van der Waals surface area contributed by atoms with Gasteiger partial charge in [0.2, 0.25) is 0 Å². The molecular weight excluding hydrogens is 455 g/mol. The first-order valence-electron chi connectivity index (χ1n) is 8.81. The quantitative estimate of drug-likeness (QED) is 0.245. The number of thiol groups is 1. The van der Waals surface area contributed by atoms with Crippen molar-refractivity contribution in [2.24, 2.45) is 0 Å². The van der Waals surface area contributed by atoms with Crippen LogP contribution in [0, 0.1) is 54.1 Å². The van der Waals surface area contributed by atoms with E-state index in [9.17, 15) is 0 Å². The van der Waals surface area contributed by atoms with Crippen molar-refractivity contribution < 1.29 is 0 Å². The fourth-order valence-electron chi connectivity index (χ4n) is 2.44. The Morgan fingerprint density at radius 3 is 1.62 bits per heavy atom. The van der Waals surface area contributed by atoms with Crippen molar-refractivity contribution >= 4 is 45.6 Å². The molecule has 3 aromatic rings. The minimum atomic E-state index is 0.408. The van der Waals surface area contributed by atoms with Gasteiger partial charge < -0.3 is 0 Å². The molecule has 0 bridgehead atoms. The Bertz CT molecular complexity index is 1200. The molecule has 0 saturated carbocycles. The van der Waals surface area contributed by atoms with E-state index in [0.29, 0.717) is 28.1 Å². The van der Waals surface area contributed by atoms with E-state index in [-0.39, 0.29) is 0 Å². The normalized spacial score (nSPS) is 9.03. The van der Waals surface area contributed by atoms with Gasteiger partial charge in [0.25, 0.3) is 0 Å². The van der Waals surface area contributed by atoms with Gasteiger partial charge in [-0.3, -0.25) is 0 Å². The highest BCUT2D eigenvalue weighted by Crippen LogP contribution is 2.39. The molecule has 0 saturated heterocycles. The number of hydrogen-bond donors (Lipinski definition) is 1. The third-order valence-corrected chi connectivity index (χ3v) is 6.33. The lowest BCUT2D eigenvalue weighted by Gasteiger charge is -2.04. The third kappa shape index (κ3) is 7.45. The summed E-state index contributed by atoms with van der Waals surface area (Å²) in [7, 11) is 2.75. The van der Waals surface area contributed by atoms with Crippen LogP contribution in [0.15, 0.2) is 69.3 Å². The number of nitriles is 3. The van der Waals surface area contributed by atoms with Gasteiger partial charge in [0.1, 0.15) is 0 Å². The van der Waals surface area contributed by atoms with Crippen LogP contribution in [0.1, 0.15) is 22.3 Å². The van der Waals surface area contributed by atoms with Crippen molar-refractivity contribution in [1.82, 2.24) is 0 Å². The van der Waals surface area contributed by atoms with E-state index >= 15 is 0 Å². The highest BCUT2D eigenvalue weighted by Gasteiger charge is 2.05. The zero-order valence-corrected chi connectivity index (χ0v) is 19.2. The van der Waals surface area contributed by atoms with Gasteiger partial charge in [-0.05, 0) is 60.4 Å². The molecule has 0 radical (unpaired) electrons. The first-order chi connectivity index (χ1) is 15.4.